The third kappa shape index (κ3) is 3.64. The van der Waals surface area contributed by atoms with Crippen LogP contribution in [0.15, 0.2) is 42.7 Å². The van der Waals surface area contributed by atoms with E-state index in [-0.39, 0.29) is 0 Å². The Morgan fingerprint density at radius 2 is 1.94 bits per heavy atom. The molecule has 1 aromatic carbocycles. The molecule has 0 unspecified atom stereocenters. The zero-order valence-electron chi connectivity index (χ0n) is 9.97. The Morgan fingerprint density at radius 3 is 2.67 bits per heavy atom. The Balaban J connectivity index is 1.79. The normalized spacial score (nSPS) is 10.3. The summed E-state index contributed by atoms with van der Waals surface area (Å²) in [5.41, 5.74) is 7.63. The van der Waals surface area contributed by atoms with Crippen molar-refractivity contribution in [2.24, 2.45) is 0 Å². The summed E-state index contributed by atoms with van der Waals surface area (Å²) >= 11 is 5.82. The Morgan fingerprint density at radius 1 is 1.17 bits per heavy atom. The molecule has 0 spiro atoms. The molecule has 2 aromatic rings. The molecule has 18 heavy (non-hydrogen) atoms. The smallest absolute Gasteiger partial charge is 0.142 e. The summed E-state index contributed by atoms with van der Waals surface area (Å²) < 4.78 is 5.61. The lowest BCUT2D eigenvalue weighted by Crippen LogP contribution is -2.01. The molecule has 0 radical (unpaired) electrons. The van der Waals surface area contributed by atoms with Crippen molar-refractivity contribution in [3.05, 3.63) is 53.3 Å². The molecule has 0 aliphatic carbocycles. The van der Waals surface area contributed by atoms with Gasteiger partial charge in [0.05, 0.1) is 12.3 Å². The van der Waals surface area contributed by atoms with Crippen molar-refractivity contribution in [2.45, 2.75) is 12.8 Å². The van der Waals surface area contributed by atoms with E-state index in [2.05, 4.69) is 4.98 Å². The SMILES string of the molecule is Nc1cc(Cl)ccc1OCCCc1ccncc1. The van der Waals surface area contributed by atoms with E-state index in [1.165, 1.54) is 5.56 Å². The van der Waals surface area contributed by atoms with Gasteiger partial charge in [-0.25, -0.2) is 0 Å². The van der Waals surface area contributed by atoms with Crippen LogP contribution in [0, 0.1) is 0 Å². The number of benzene rings is 1. The van der Waals surface area contributed by atoms with Crippen LogP contribution in [0.25, 0.3) is 0 Å². The van der Waals surface area contributed by atoms with Crippen molar-refractivity contribution < 1.29 is 4.74 Å². The molecular formula is C14H15ClN2O. The monoisotopic (exact) mass is 262 g/mol. The molecule has 4 heteroatoms. The summed E-state index contributed by atoms with van der Waals surface area (Å²) in [5, 5.41) is 0.622. The number of nitrogens with zero attached hydrogens (tertiary/aromatic N) is 1. The highest BCUT2D eigenvalue weighted by Crippen LogP contribution is 2.24. The van der Waals surface area contributed by atoms with Gasteiger partial charge < -0.3 is 10.5 Å². The van der Waals surface area contributed by atoms with Crippen LogP contribution >= 0.6 is 11.6 Å². The molecule has 0 bridgehead atoms. The minimum Gasteiger partial charge on any atom is -0.491 e. The lowest BCUT2D eigenvalue weighted by molar-refractivity contribution is 0.312. The average molecular weight is 263 g/mol. The van der Waals surface area contributed by atoms with Crippen LogP contribution in [0.1, 0.15) is 12.0 Å². The van der Waals surface area contributed by atoms with E-state index < -0.39 is 0 Å². The summed E-state index contributed by atoms with van der Waals surface area (Å²) in [6.07, 6.45) is 5.50. The van der Waals surface area contributed by atoms with Crippen molar-refractivity contribution >= 4 is 17.3 Å². The predicted molar refractivity (Wildman–Crippen MR) is 73.9 cm³/mol. The number of hydrogen-bond acceptors (Lipinski definition) is 3. The zero-order valence-corrected chi connectivity index (χ0v) is 10.7. The fraction of sp³-hybridized carbons (Fsp3) is 0.214. The van der Waals surface area contributed by atoms with E-state index in [0.29, 0.717) is 23.1 Å². The fourth-order valence-electron chi connectivity index (χ4n) is 1.66. The standard InChI is InChI=1S/C14H15ClN2O/c15-12-3-4-14(13(16)10-12)18-9-1-2-11-5-7-17-8-6-11/h3-8,10H,1-2,9,16H2. The maximum absolute atomic E-state index is 5.82. The van der Waals surface area contributed by atoms with E-state index in [1.54, 1.807) is 30.6 Å². The maximum Gasteiger partial charge on any atom is 0.142 e. The molecule has 0 atom stereocenters. The summed E-state index contributed by atoms with van der Waals surface area (Å²) in [6.45, 7) is 0.633. The summed E-state index contributed by atoms with van der Waals surface area (Å²) in [6, 6.07) is 9.28. The Bertz CT molecular complexity index is 502. The Kier molecular flexibility index (Phi) is 4.42. The molecule has 2 N–H and O–H groups in total. The molecule has 0 fully saturated rings. The second-order valence-corrected chi connectivity index (χ2v) is 4.43. The molecule has 1 heterocycles. The lowest BCUT2D eigenvalue weighted by Gasteiger charge is -2.08. The van der Waals surface area contributed by atoms with Gasteiger partial charge in [0.15, 0.2) is 0 Å². The second-order valence-electron chi connectivity index (χ2n) is 3.99. The van der Waals surface area contributed by atoms with Gasteiger partial charge in [-0.2, -0.15) is 0 Å². The first-order chi connectivity index (χ1) is 8.75. The molecule has 0 amide bonds. The number of pyridine rings is 1. The van der Waals surface area contributed by atoms with Crippen molar-refractivity contribution in [3.63, 3.8) is 0 Å². The first kappa shape index (κ1) is 12.7. The van der Waals surface area contributed by atoms with E-state index in [1.807, 2.05) is 12.1 Å². The Hall–Kier alpha value is -1.74. The van der Waals surface area contributed by atoms with Gasteiger partial charge in [-0.1, -0.05) is 11.6 Å². The zero-order chi connectivity index (χ0) is 12.8. The van der Waals surface area contributed by atoms with Crippen LogP contribution < -0.4 is 10.5 Å². The molecule has 0 aliphatic rings. The molecule has 2 rings (SSSR count). The van der Waals surface area contributed by atoms with E-state index in [0.717, 1.165) is 12.8 Å². The van der Waals surface area contributed by atoms with Crippen molar-refractivity contribution in [2.75, 3.05) is 12.3 Å². The van der Waals surface area contributed by atoms with Crippen molar-refractivity contribution in [1.82, 2.24) is 4.98 Å². The molecule has 94 valence electrons. The summed E-state index contributed by atoms with van der Waals surface area (Å²) in [5.74, 6) is 0.689. The summed E-state index contributed by atoms with van der Waals surface area (Å²) in [4.78, 5) is 3.98. The number of halogens is 1. The van der Waals surface area contributed by atoms with E-state index in [4.69, 9.17) is 22.1 Å². The first-order valence-electron chi connectivity index (χ1n) is 5.82. The predicted octanol–water partition coefficient (Wildman–Crippen LogP) is 3.33. The number of nitrogens with two attached hydrogens (primary N) is 1. The van der Waals surface area contributed by atoms with Crippen LogP contribution in [-0.4, -0.2) is 11.6 Å². The minimum absolute atomic E-state index is 0.575. The number of rotatable bonds is 5. The van der Waals surface area contributed by atoms with Gasteiger partial charge in [-0.3, -0.25) is 4.98 Å². The van der Waals surface area contributed by atoms with Gasteiger partial charge in [-0.15, -0.1) is 0 Å². The molecule has 1 aromatic heterocycles. The number of aromatic nitrogens is 1. The maximum atomic E-state index is 5.82. The van der Waals surface area contributed by atoms with Crippen LogP contribution in [0.4, 0.5) is 5.69 Å². The largest absolute Gasteiger partial charge is 0.491 e. The number of hydrogen-bond donors (Lipinski definition) is 1. The second kappa shape index (κ2) is 6.26. The molecule has 0 aliphatic heterocycles. The van der Waals surface area contributed by atoms with E-state index >= 15 is 0 Å². The van der Waals surface area contributed by atoms with Gasteiger partial charge in [0, 0.05) is 17.4 Å². The van der Waals surface area contributed by atoms with Gasteiger partial charge in [0.1, 0.15) is 5.75 Å². The highest BCUT2D eigenvalue weighted by molar-refractivity contribution is 6.30. The Labute approximate surface area is 112 Å². The number of nitrogen functional groups attached to an aromatic ring is 1. The topological polar surface area (TPSA) is 48.1 Å². The van der Waals surface area contributed by atoms with Crippen LogP contribution in [0.3, 0.4) is 0 Å². The van der Waals surface area contributed by atoms with Crippen LogP contribution in [-0.2, 0) is 6.42 Å². The van der Waals surface area contributed by atoms with E-state index in [9.17, 15) is 0 Å². The highest BCUT2D eigenvalue weighted by Gasteiger charge is 2.01. The van der Waals surface area contributed by atoms with Crippen LogP contribution in [0.5, 0.6) is 5.75 Å². The minimum atomic E-state index is 0.575. The average Bonchev–Trinajstić information content (AvgIpc) is 2.38. The van der Waals surface area contributed by atoms with Gasteiger partial charge in [-0.05, 0) is 48.7 Å². The third-order valence-electron chi connectivity index (χ3n) is 2.59. The van der Waals surface area contributed by atoms with Gasteiger partial charge >= 0.3 is 0 Å². The third-order valence-corrected chi connectivity index (χ3v) is 2.82. The number of anilines is 1. The quantitative estimate of drug-likeness (QED) is 0.664. The molecule has 3 nitrogen and oxygen atoms in total. The van der Waals surface area contributed by atoms with Crippen molar-refractivity contribution in [3.8, 4) is 5.75 Å². The van der Waals surface area contributed by atoms with Gasteiger partial charge in [0.25, 0.3) is 0 Å². The summed E-state index contributed by atoms with van der Waals surface area (Å²) in [7, 11) is 0. The molecule has 0 saturated carbocycles. The lowest BCUT2D eigenvalue weighted by atomic mass is 10.1. The fourth-order valence-corrected chi connectivity index (χ4v) is 1.84. The van der Waals surface area contributed by atoms with Gasteiger partial charge in [0.2, 0.25) is 0 Å². The number of aryl methyl sites for hydroxylation is 1. The number of ether oxygens (including phenoxy) is 1. The first-order valence-corrected chi connectivity index (χ1v) is 6.20. The van der Waals surface area contributed by atoms with Crippen molar-refractivity contribution in [1.29, 1.82) is 0 Å². The van der Waals surface area contributed by atoms with Crippen LogP contribution in [0.2, 0.25) is 5.02 Å². The molecular weight excluding hydrogens is 248 g/mol. The molecule has 0 saturated heterocycles. The highest BCUT2D eigenvalue weighted by atomic mass is 35.5.